The number of ether oxygens (including phenoxy) is 6. The van der Waals surface area contributed by atoms with E-state index >= 15 is 0 Å². The number of hydrogen-bond donors (Lipinski definition) is 3. The zero-order valence-corrected chi connectivity index (χ0v) is 57.4. The maximum Gasteiger partial charge on any atom is 0.331 e. The van der Waals surface area contributed by atoms with Crippen LogP contribution in [0.5, 0.6) is 17.2 Å². The molecule has 0 saturated heterocycles. The zero-order valence-electron chi connectivity index (χ0n) is 57.4. The average Bonchev–Trinajstić information content (AvgIpc) is 3.60. The summed E-state index contributed by atoms with van der Waals surface area (Å²) in [5, 5.41) is 9.44. The Balaban J connectivity index is 0.000000293. The van der Waals surface area contributed by atoms with Gasteiger partial charge >= 0.3 is 17.9 Å². The summed E-state index contributed by atoms with van der Waals surface area (Å²) in [6, 6.07) is 23.4. The Kier molecular flexibility index (Phi) is 34.4. The van der Waals surface area contributed by atoms with E-state index < -0.39 is 0 Å². The largest absolute Gasteiger partial charge is 0.497 e. The van der Waals surface area contributed by atoms with Crippen LogP contribution >= 0.6 is 0 Å². The smallest absolute Gasteiger partial charge is 0.331 e. The SMILES string of the molecule is CCC(C)(C)C(=O)NC1CCC(OC(=O)/C=C/c2ccc(OC)cc2)CC1.CCCCCCCCOc1ccc(/C=C/C(=O)OC2CCC(NC(=O)C(C)(C)CC)CC2)cc1.CCCCOc1ccc(/C=C/C(=O)OC2CCC(NC(=O)C(C)(C)CC)CC2)cc1. The highest BCUT2D eigenvalue weighted by molar-refractivity contribution is 5.88. The molecule has 504 valence electrons. The van der Waals surface area contributed by atoms with E-state index in [4.69, 9.17) is 28.4 Å². The Morgan fingerprint density at radius 1 is 0.385 bits per heavy atom. The maximum absolute atomic E-state index is 12.4. The van der Waals surface area contributed by atoms with Gasteiger partial charge in [-0.05, 0) is 180 Å². The van der Waals surface area contributed by atoms with Gasteiger partial charge in [0.15, 0.2) is 0 Å². The molecular formula is C76H113N3O12. The molecule has 91 heavy (non-hydrogen) atoms. The standard InChI is InChI=1S/C29H45NO4.C25H37NO4.C22H31NO4/c1-5-7-8-9-10-11-22-33-25-17-12-23(13-18-25)14-21-27(31)34-26-19-15-24(16-20-26)30-28(32)29(3,4)6-2;1-5-7-18-29-21-13-8-19(9-14-21)10-17-23(27)30-22-15-11-20(12-16-22)26-24(28)25(3,4)6-2;1-5-22(2,3)21(25)23-17-9-13-19(14-10-17)27-20(24)15-8-16-6-11-18(26-4)12-7-16/h12-14,17-18,21,24,26H,5-11,15-16,19-20,22H2,1-4H3,(H,30,32);8-10,13-14,17,20,22H,5-7,11-12,15-16,18H2,1-4H3,(H,26,28);6-8,11-12,15,17,19H,5,9-10,13-14H2,1-4H3,(H,23,25)/b21-14+;17-10+;15-8+. The van der Waals surface area contributed by atoms with Gasteiger partial charge in [-0.2, -0.15) is 0 Å². The molecule has 0 aromatic heterocycles. The molecule has 6 rings (SSSR count). The van der Waals surface area contributed by atoms with Crippen LogP contribution in [-0.2, 0) is 43.0 Å². The topological polar surface area (TPSA) is 194 Å². The van der Waals surface area contributed by atoms with E-state index in [9.17, 15) is 28.8 Å². The number of amides is 3. The van der Waals surface area contributed by atoms with Gasteiger partial charge in [-0.3, -0.25) is 14.4 Å². The number of benzene rings is 3. The number of carbonyl (C=O) groups excluding carboxylic acids is 6. The van der Waals surface area contributed by atoms with Crippen molar-refractivity contribution in [3.63, 3.8) is 0 Å². The molecule has 3 fully saturated rings. The predicted octanol–water partition coefficient (Wildman–Crippen LogP) is 16.2. The normalized spacial score (nSPS) is 19.4. The van der Waals surface area contributed by atoms with Crippen molar-refractivity contribution in [2.75, 3.05) is 20.3 Å². The van der Waals surface area contributed by atoms with Crippen LogP contribution in [0.4, 0.5) is 0 Å². The lowest BCUT2D eigenvalue weighted by atomic mass is 9.87. The summed E-state index contributed by atoms with van der Waals surface area (Å²) in [4.78, 5) is 73.4. The van der Waals surface area contributed by atoms with E-state index in [1.807, 2.05) is 135 Å². The average molecular weight is 1260 g/mol. The third-order valence-electron chi connectivity index (χ3n) is 18.0. The molecule has 3 N–H and O–H groups in total. The number of methoxy groups -OCH3 is 1. The van der Waals surface area contributed by atoms with Crippen LogP contribution in [-0.4, -0.2) is 92.4 Å². The van der Waals surface area contributed by atoms with Gasteiger partial charge in [0.1, 0.15) is 35.6 Å². The van der Waals surface area contributed by atoms with Crippen LogP contribution in [0.15, 0.2) is 91.0 Å². The van der Waals surface area contributed by atoms with Gasteiger partial charge in [-0.25, -0.2) is 14.4 Å². The fourth-order valence-electron chi connectivity index (χ4n) is 10.2. The minimum absolute atomic E-state index is 0.0784. The molecule has 0 heterocycles. The van der Waals surface area contributed by atoms with E-state index in [2.05, 4.69) is 29.8 Å². The van der Waals surface area contributed by atoms with Crippen LogP contribution in [0.1, 0.15) is 241 Å². The molecule has 15 heteroatoms. The minimum Gasteiger partial charge on any atom is -0.497 e. The van der Waals surface area contributed by atoms with Crippen molar-refractivity contribution in [3.05, 3.63) is 108 Å². The van der Waals surface area contributed by atoms with E-state index in [1.165, 1.54) is 50.3 Å². The second kappa shape index (κ2) is 40.8. The van der Waals surface area contributed by atoms with Gasteiger partial charge < -0.3 is 44.4 Å². The minimum atomic E-state index is -0.341. The van der Waals surface area contributed by atoms with Gasteiger partial charge in [0.2, 0.25) is 17.7 Å². The van der Waals surface area contributed by atoms with Crippen molar-refractivity contribution < 1.29 is 57.2 Å². The zero-order chi connectivity index (χ0) is 66.7. The lowest BCUT2D eigenvalue weighted by molar-refractivity contribution is -0.145. The van der Waals surface area contributed by atoms with Crippen molar-refractivity contribution in [1.82, 2.24) is 16.0 Å². The monoisotopic (exact) mass is 1260 g/mol. The molecule has 3 aliphatic rings. The summed E-state index contributed by atoms with van der Waals surface area (Å²) in [5.41, 5.74) is 1.77. The summed E-state index contributed by atoms with van der Waals surface area (Å²) < 4.78 is 33.3. The van der Waals surface area contributed by atoms with Crippen molar-refractivity contribution in [3.8, 4) is 17.2 Å². The van der Waals surface area contributed by atoms with Crippen LogP contribution in [0, 0.1) is 16.2 Å². The van der Waals surface area contributed by atoms with Crippen molar-refractivity contribution in [2.45, 2.75) is 260 Å². The van der Waals surface area contributed by atoms with Crippen LogP contribution in [0.2, 0.25) is 0 Å². The Bertz CT molecular complexity index is 2710. The molecule has 15 nitrogen and oxygen atoms in total. The molecule has 0 spiro atoms. The number of esters is 3. The number of nitrogens with one attached hydrogen (secondary N) is 3. The second-order valence-corrected chi connectivity index (χ2v) is 26.6. The fraction of sp³-hybridized carbons (Fsp3) is 0.605. The Labute approximate surface area is 546 Å². The predicted molar refractivity (Wildman–Crippen MR) is 365 cm³/mol. The first kappa shape index (κ1) is 76.6. The highest BCUT2D eigenvalue weighted by Crippen LogP contribution is 2.29. The molecule has 3 aromatic rings. The summed E-state index contributed by atoms with van der Waals surface area (Å²) >= 11 is 0. The molecule has 3 saturated carbocycles. The molecule has 0 aliphatic heterocycles. The van der Waals surface area contributed by atoms with Crippen molar-refractivity contribution in [1.29, 1.82) is 0 Å². The molecule has 3 aromatic carbocycles. The number of unbranched alkanes of at least 4 members (excludes halogenated alkanes) is 6. The Hall–Kier alpha value is -6.90. The fourth-order valence-corrected chi connectivity index (χ4v) is 10.2. The van der Waals surface area contributed by atoms with Gasteiger partial charge in [0, 0.05) is 52.6 Å². The number of carbonyl (C=O) groups is 6. The highest BCUT2D eigenvalue weighted by Gasteiger charge is 2.33. The van der Waals surface area contributed by atoms with Crippen molar-refractivity contribution in [2.24, 2.45) is 16.2 Å². The van der Waals surface area contributed by atoms with Gasteiger partial charge in [-0.1, -0.05) is 151 Å². The van der Waals surface area contributed by atoms with Crippen LogP contribution < -0.4 is 30.2 Å². The van der Waals surface area contributed by atoms with E-state index in [-0.39, 0.29) is 88.3 Å². The Morgan fingerprint density at radius 3 is 0.945 bits per heavy atom. The van der Waals surface area contributed by atoms with Gasteiger partial charge in [0.05, 0.1) is 20.3 Å². The van der Waals surface area contributed by atoms with E-state index in [0.29, 0.717) is 0 Å². The van der Waals surface area contributed by atoms with E-state index in [0.717, 1.165) is 163 Å². The summed E-state index contributed by atoms with van der Waals surface area (Å²) in [5.74, 6) is 1.83. The molecule has 0 radical (unpaired) electrons. The van der Waals surface area contributed by atoms with Gasteiger partial charge in [-0.15, -0.1) is 0 Å². The Morgan fingerprint density at radius 2 is 0.659 bits per heavy atom. The van der Waals surface area contributed by atoms with E-state index in [1.54, 1.807) is 25.3 Å². The quantitative estimate of drug-likeness (QED) is 0.0239. The number of rotatable bonds is 31. The summed E-state index contributed by atoms with van der Waals surface area (Å²) in [6.45, 7) is 23.7. The van der Waals surface area contributed by atoms with Crippen LogP contribution in [0.3, 0.4) is 0 Å². The number of hydrogen-bond acceptors (Lipinski definition) is 12. The molecule has 0 bridgehead atoms. The first-order chi connectivity index (χ1) is 43.5. The summed E-state index contributed by atoms with van der Waals surface area (Å²) in [7, 11) is 1.62. The molecular weight excluding hydrogens is 1150 g/mol. The second-order valence-electron chi connectivity index (χ2n) is 26.6. The lowest BCUT2D eigenvalue weighted by Crippen LogP contribution is -2.45. The van der Waals surface area contributed by atoms with Gasteiger partial charge in [0.25, 0.3) is 0 Å². The molecule has 3 amide bonds. The molecule has 3 aliphatic carbocycles. The first-order valence-corrected chi connectivity index (χ1v) is 34.2. The van der Waals surface area contributed by atoms with Crippen LogP contribution in [0.25, 0.3) is 18.2 Å². The third kappa shape index (κ3) is 29.9. The summed E-state index contributed by atoms with van der Waals surface area (Å²) in [6.07, 6.45) is 31.3. The third-order valence-corrected chi connectivity index (χ3v) is 18.0. The molecule has 0 unspecified atom stereocenters. The highest BCUT2D eigenvalue weighted by atomic mass is 16.6. The molecule has 0 atom stereocenters. The van der Waals surface area contributed by atoms with Crippen molar-refractivity contribution >= 4 is 53.9 Å². The lowest BCUT2D eigenvalue weighted by Gasteiger charge is -2.31. The maximum atomic E-state index is 12.4. The first-order valence-electron chi connectivity index (χ1n) is 34.2.